The molecule has 3 rings (SSSR count). The molecule has 0 bridgehead atoms. The van der Waals surface area contributed by atoms with Crippen molar-refractivity contribution in [1.82, 2.24) is 15.5 Å². The van der Waals surface area contributed by atoms with Gasteiger partial charge in [-0.3, -0.25) is 19.2 Å². The molecule has 180 valence electrons. The van der Waals surface area contributed by atoms with Gasteiger partial charge in [-0.15, -0.1) is 0 Å². The Labute approximate surface area is 191 Å². The van der Waals surface area contributed by atoms with Crippen molar-refractivity contribution in [3.05, 3.63) is 35.9 Å². The summed E-state index contributed by atoms with van der Waals surface area (Å²) >= 11 is 0. The number of sulfone groups is 1. The molecule has 0 radical (unpaired) electrons. The van der Waals surface area contributed by atoms with Crippen LogP contribution < -0.4 is 10.6 Å². The second-order valence-electron chi connectivity index (χ2n) is 7.96. The Kier molecular flexibility index (Phi) is 8.03. The minimum absolute atomic E-state index is 0.288. The van der Waals surface area contributed by atoms with Crippen LogP contribution in [0.15, 0.2) is 30.3 Å². The van der Waals surface area contributed by atoms with Crippen molar-refractivity contribution >= 4 is 33.5 Å². The molecule has 0 spiro atoms. The molecule has 3 atom stereocenters. The lowest BCUT2D eigenvalue weighted by Gasteiger charge is -2.36. The number of nitrogens with one attached hydrogen (secondary N) is 2. The highest BCUT2D eigenvalue weighted by atomic mass is 32.2. The first-order valence-corrected chi connectivity index (χ1v) is 12.3. The molecular formula is C21H27N3O8S. The van der Waals surface area contributed by atoms with Gasteiger partial charge in [0.25, 0.3) is 5.91 Å². The predicted octanol–water partition coefficient (Wildman–Crippen LogP) is -1.03. The summed E-state index contributed by atoms with van der Waals surface area (Å²) in [7, 11) is -3.77. The molecule has 2 heterocycles. The fraction of sp³-hybridized carbons (Fsp3) is 0.524. The number of nitrogens with zero attached hydrogens (tertiary/aromatic N) is 1. The highest BCUT2D eigenvalue weighted by Crippen LogP contribution is 2.17. The van der Waals surface area contributed by atoms with E-state index in [-0.39, 0.29) is 18.1 Å². The van der Waals surface area contributed by atoms with Gasteiger partial charge in [0.15, 0.2) is 15.9 Å². The number of morpholine rings is 1. The van der Waals surface area contributed by atoms with Crippen molar-refractivity contribution in [2.24, 2.45) is 5.92 Å². The second kappa shape index (κ2) is 10.8. The molecule has 2 saturated heterocycles. The van der Waals surface area contributed by atoms with Crippen molar-refractivity contribution in [3.63, 3.8) is 0 Å². The topological polar surface area (TPSA) is 148 Å². The molecule has 2 fully saturated rings. The molecule has 3 amide bonds. The largest absolute Gasteiger partial charge is 0.439 e. The highest BCUT2D eigenvalue weighted by Gasteiger charge is 2.44. The number of hydrogen-bond acceptors (Lipinski definition) is 8. The van der Waals surface area contributed by atoms with Gasteiger partial charge < -0.3 is 25.0 Å². The normalized spacial score (nSPS) is 21.4. The Morgan fingerprint density at radius 3 is 2.48 bits per heavy atom. The van der Waals surface area contributed by atoms with Gasteiger partial charge in [0.1, 0.15) is 0 Å². The van der Waals surface area contributed by atoms with Crippen LogP contribution in [0.25, 0.3) is 0 Å². The number of hydrogen-bond donors (Lipinski definition) is 2. The van der Waals surface area contributed by atoms with Gasteiger partial charge in [0.05, 0.1) is 30.6 Å². The van der Waals surface area contributed by atoms with Crippen LogP contribution in [0.4, 0.5) is 0 Å². The number of amides is 3. The van der Waals surface area contributed by atoms with E-state index in [9.17, 15) is 27.6 Å². The fourth-order valence-corrected chi connectivity index (χ4v) is 5.32. The number of carbonyl (C=O) groups is 4. The summed E-state index contributed by atoms with van der Waals surface area (Å²) in [6.07, 6.45) is -1.39. The summed E-state index contributed by atoms with van der Waals surface area (Å²) in [5.41, 5.74) is 0.560. The third kappa shape index (κ3) is 6.99. The van der Waals surface area contributed by atoms with E-state index in [1.54, 1.807) is 30.3 Å². The maximum atomic E-state index is 13.0. The van der Waals surface area contributed by atoms with Crippen LogP contribution in [0.5, 0.6) is 0 Å². The van der Waals surface area contributed by atoms with Crippen molar-refractivity contribution < 1.29 is 37.1 Å². The Balaban J connectivity index is 1.72. The predicted molar refractivity (Wildman–Crippen MR) is 115 cm³/mol. The molecule has 11 nitrogen and oxygen atoms in total. The summed E-state index contributed by atoms with van der Waals surface area (Å²) in [4.78, 5) is 50.3. The zero-order chi connectivity index (χ0) is 24.0. The van der Waals surface area contributed by atoms with Gasteiger partial charge in [-0.05, 0) is 5.56 Å². The highest BCUT2D eigenvalue weighted by molar-refractivity contribution is 7.90. The molecule has 1 aromatic rings. The fourth-order valence-electron chi connectivity index (χ4n) is 3.62. The maximum absolute atomic E-state index is 13.0. The summed E-state index contributed by atoms with van der Waals surface area (Å²) in [6, 6.07) is 7.35. The number of ether oxygens (including phenoxy) is 2. The Bertz CT molecular complexity index is 992. The SMILES string of the molecule is CC(=O)O[C@@H]1NC(=O)[C@H]1NC(=O)C(CC(=O)N1CCOCC1)CS(=O)(=O)Cc1ccccc1. The van der Waals surface area contributed by atoms with Crippen LogP contribution in [0.3, 0.4) is 0 Å². The molecule has 12 heteroatoms. The number of carbonyl (C=O) groups excluding carboxylic acids is 4. The lowest BCUT2D eigenvalue weighted by atomic mass is 10.0. The van der Waals surface area contributed by atoms with Gasteiger partial charge >= 0.3 is 5.97 Å². The average molecular weight is 482 g/mol. The quantitative estimate of drug-likeness (QED) is 0.336. The summed E-state index contributed by atoms with van der Waals surface area (Å²) in [5.74, 6) is -4.45. The van der Waals surface area contributed by atoms with Crippen LogP contribution in [0, 0.1) is 5.92 Å². The van der Waals surface area contributed by atoms with E-state index in [1.165, 1.54) is 4.90 Å². The number of benzene rings is 1. The van der Waals surface area contributed by atoms with E-state index < -0.39 is 51.6 Å². The third-order valence-corrected chi connectivity index (χ3v) is 6.98. The molecule has 1 aromatic carbocycles. The smallest absolute Gasteiger partial charge is 0.304 e. The van der Waals surface area contributed by atoms with E-state index in [2.05, 4.69) is 10.6 Å². The van der Waals surface area contributed by atoms with Crippen LogP contribution in [-0.4, -0.2) is 81.3 Å². The number of β-lactam (4-membered cyclic amide) rings is 1. The number of rotatable bonds is 9. The Hall–Kier alpha value is -2.99. The maximum Gasteiger partial charge on any atom is 0.304 e. The first-order valence-electron chi connectivity index (χ1n) is 10.5. The zero-order valence-corrected chi connectivity index (χ0v) is 19.0. The summed E-state index contributed by atoms with van der Waals surface area (Å²) < 4.78 is 35.8. The Morgan fingerprint density at radius 2 is 1.88 bits per heavy atom. The molecule has 0 aliphatic carbocycles. The lowest BCUT2D eigenvalue weighted by molar-refractivity contribution is -0.164. The van der Waals surface area contributed by atoms with Gasteiger partial charge in [-0.1, -0.05) is 30.3 Å². The molecular weight excluding hydrogens is 454 g/mol. The molecule has 2 aliphatic rings. The van der Waals surface area contributed by atoms with Crippen molar-refractivity contribution in [3.8, 4) is 0 Å². The van der Waals surface area contributed by atoms with E-state index in [0.717, 1.165) is 6.92 Å². The molecule has 2 aliphatic heterocycles. The van der Waals surface area contributed by atoms with Crippen molar-refractivity contribution in [2.45, 2.75) is 31.4 Å². The minimum Gasteiger partial charge on any atom is -0.439 e. The standard InChI is InChI=1S/C21H27N3O8S/c1-14(25)32-21-18(20(28)23-21)22-19(27)16(11-17(26)24-7-9-31-10-8-24)13-33(29,30)12-15-5-3-2-4-6-15/h2-6,16,18,21H,7-13H2,1H3,(H,22,27)(H,23,28)/t16?,18-,21+/m1/s1. The monoisotopic (exact) mass is 481 g/mol. The number of esters is 1. The summed E-state index contributed by atoms with van der Waals surface area (Å²) in [5, 5.41) is 4.77. The van der Waals surface area contributed by atoms with Crippen molar-refractivity contribution in [1.29, 1.82) is 0 Å². The van der Waals surface area contributed by atoms with E-state index in [4.69, 9.17) is 9.47 Å². The first-order chi connectivity index (χ1) is 15.6. The average Bonchev–Trinajstić information content (AvgIpc) is 2.77. The Morgan fingerprint density at radius 1 is 1.21 bits per heavy atom. The van der Waals surface area contributed by atoms with Gasteiger partial charge in [0.2, 0.25) is 18.0 Å². The van der Waals surface area contributed by atoms with Crippen LogP contribution in [-0.2, 0) is 44.2 Å². The van der Waals surface area contributed by atoms with E-state index in [0.29, 0.717) is 31.9 Å². The first kappa shape index (κ1) is 24.6. The lowest BCUT2D eigenvalue weighted by Crippen LogP contribution is -2.70. The molecule has 33 heavy (non-hydrogen) atoms. The van der Waals surface area contributed by atoms with Gasteiger partial charge in [-0.2, -0.15) is 0 Å². The van der Waals surface area contributed by atoms with E-state index >= 15 is 0 Å². The molecule has 1 unspecified atom stereocenters. The van der Waals surface area contributed by atoms with Gasteiger partial charge in [0, 0.05) is 26.4 Å². The minimum atomic E-state index is -3.77. The van der Waals surface area contributed by atoms with E-state index in [1.807, 2.05) is 0 Å². The van der Waals surface area contributed by atoms with Crippen LogP contribution >= 0.6 is 0 Å². The third-order valence-electron chi connectivity index (χ3n) is 5.30. The molecule has 0 saturated carbocycles. The molecule has 0 aromatic heterocycles. The summed E-state index contributed by atoms with van der Waals surface area (Å²) in [6.45, 7) is 2.58. The van der Waals surface area contributed by atoms with Crippen LogP contribution in [0.1, 0.15) is 18.9 Å². The second-order valence-corrected chi connectivity index (χ2v) is 10.1. The molecule has 2 N–H and O–H groups in total. The zero-order valence-electron chi connectivity index (χ0n) is 18.2. The van der Waals surface area contributed by atoms with Gasteiger partial charge in [-0.25, -0.2) is 8.42 Å². The van der Waals surface area contributed by atoms with Crippen molar-refractivity contribution in [2.75, 3.05) is 32.1 Å². The van der Waals surface area contributed by atoms with Crippen LogP contribution in [0.2, 0.25) is 0 Å².